The van der Waals surface area contributed by atoms with Crippen LogP contribution in [0.15, 0.2) is 22.8 Å². The molecule has 1 aromatic heterocycles. The molecule has 1 aliphatic rings. The van der Waals surface area contributed by atoms with E-state index in [9.17, 15) is 9.90 Å². The van der Waals surface area contributed by atoms with E-state index in [0.717, 1.165) is 43.5 Å². The number of hydrogen-bond acceptors (Lipinski definition) is 4. The first-order valence-electron chi connectivity index (χ1n) is 9.46. The SMILES string of the molecule is CCN(c1cc2occc2c(C(=O)O)c1C)C1(C)CCC(N(C)C)CC1. The van der Waals surface area contributed by atoms with Gasteiger partial charge in [0, 0.05) is 35.3 Å². The summed E-state index contributed by atoms with van der Waals surface area (Å²) in [5, 5.41) is 10.4. The average molecular weight is 358 g/mol. The van der Waals surface area contributed by atoms with Crippen molar-refractivity contribution in [1.29, 1.82) is 0 Å². The number of carboxylic acid groups (broad SMARTS) is 1. The van der Waals surface area contributed by atoms with Crippen LogP contribution in [-0.4, -0.2) is 48.2 Å². The summed E-state index contributed by atoms with van der Waals surface area (Å²) in [6, 6.07) is 4.39. The summed E-state index contributed by atoms with van der Waals surface area (Å²) in [5.41, 5.74) is 2.84. The molecule has 142 valence electrons. The number of nitrogens with zero attached hydrogens (tertiary/aromatic N) is 2. The van der Waals surface area contributed by atoms with Gasteiger partial charge in [0.05, 0.1) is 11.8 Å². The van der Waals surface area contributed by atoms with Crippen LogP contribution in [-0.2, 0) is 0 Å². The molecule has 0 amide bonds. The minimum Gasteiger partial charge on any atom is -0.478 e. The van der Waals surface area contributed by atoms with Gasteiger partial charge in [-0.05, 0) is 72.2 Å². The van der Waals surface area contributed by atoms with E-state index in [2.05, 4.69) is 37.7 Å². The maximum Gasteiger partial charge on any atom is 0.336 e. The molecule has 1 aromatic carbocycles. The molecule has 2 aromatic rings. The Bertz CT molecular complexity index is 801. The van der Waals surface area contributed by atoms with Crippen molar-refractivity contribution in [3.05, 3.63) is 29.5 Å². The van der Waals surface area contributed by atoms with Crippen LogP contribution in [0.2, 0.25) is 0 Å². The van der Waals surface area contributed by atoms with Crippen LogP contribution in [0.25, 0.3) is 11.0 Å². The minimum atomic E-state index is -0.895. The van der Waals surface area contributed by atoms with Crippen molar-refractivity contribution in [3.8, 4) is 0 Å². The van der Waals surface area contributed by atoms with Crippen molar-refractivity contribution in [2.24, 2.45) is 0 Å². The van der Waals surface area contributed by atoms with Gasteiger partial charge in [0.25, 0.3) is 0 Å². The Kier molecular flexibility index (Phi) is 5.02. The van der Waals surface area contributed by atoms with E-state index in [1.807, 2.05) is 13.0 Å². The molecule has 26 heavy (non-hydrogen) atoms. The first-order chi connectivity index (χ1) is 12.3. The van der Waals surface area contributed by atoms with Gasteiger partial charge in [0.15, 0.2) is 0 Å². The summed E-state index contributed by atoms with van der Waals surface area (Å²) in [6.07, 6.45) is 6.09. The number of benzene rings is 1. The Labute approximate surface area is 155 Å². The lowest BCUT2D eigenvalue weighted by molar-refractivity contribution is 0.0698. The monoisotopic (exact) mass is 358 g/mol. The van der Waals surface area contributed by atoms with Crippen LogP contribution in [0.4, 0.5) is 5.69 Å². The van der Waals surface area contributed by atoms with Gasteiger partial charge < -0.3 is 19.3 Å². The number of carbonyl (C=O) groups is 1. The zero-order valence-corrected chi connectivity index (χ0v) is 16.5. The maximum absolute atomic E-state index is 11.9. The standard InChI is InChI=1S/C21H30N2O3/c1-6-23(21(3)10-7-15(8-11-21)22(4)5)17-13-18-16(9-12-26-18)19(14(17)2)20(24)25/h9,12-13,15H,6-8,10-11H2,1-5H3,(H,24,25). The fraction of sp³-hybridized carbons (Fsp3) is 0.571. The summed E-state index contributed by atoms with van der Waals surface area (Å²) in [6.45, 7) is 7.22. The molecule has 1 fully saturated rings. The van der Waals surface area contributed by atoms with Gasteiger partial charge in [-0.1, -0.05) is 0 Å². The highest BCUT2D eigenvalue weighted by molar-refractivity contribution is 6.05. The van der Waals surface area contributed by atoms with Crippen LogP contribution in [0, 0.1) is 6.92 Å². The van der Waals surface area contributed by atoms with Crippen molar-refractivity contribution < 1.29 is 14.3 Å². The Morgan fingerprint density at radius 3 is 2.54 bits per heavy atom. The number of aromatic carboxylic acids is 1. The van der Waals surface area contributed by atoms with E-state index >= 15 is 0 Å². The third kappa shape index (κ3) is 3.09. The van der Waals surface area contributed by atoms with Crippen LogP contribution >= 0.6 is 0 Å². The maximum atomic E-state index is 11.9. The molecule has 0 atom stereocenters. The van der Waals surface area contributed by atoms with Crippen molar-refractivity contribution in [2.45, 2.75) is 58.0 Å². The number of furan rings is 1. The summed E-state index contributed by atoms with van der Waals surface area (Å²) in [4.78, 5) is 16.6. The van der Waals surface area contributed by atoms with Gasteiger partial charge in [-0.15, -0.1) is 0 Å². The second-order valence-electron chi connectivity index (χ2n) is 7.97. The van der Waals surface area contributed by atoms with Crippen molar-refractivity contribution in [2.75, 3.05) is 25.5 Å². The second-order valence-corrected chi connectivity index (χ2v) is 7.97. The highest BCUT2D eigenvalue weighted by atomic mass is 16.4. The van der Waals surface area contributed by atoms with E-state index < -0.39 is 5.97 Å². The van der Waals surface area contributed by atoms with E-state index in [-0.39, 0.29) is 5.54 Å². The molecule has 5 heteroatoms. The Balaban J connectivity index is 2.03. The van der Waals surface area contributed by atoms with Gasteiger partial charge in [-0.2, -0.15) is 0 Å². The second kappa shape index (κ2) is 6.95. The van der Waals surface area contributed by atoms with Gasteiger partial charge in [0.1, 0.15) is 5.58 Å². The Morgan fingerprint density at radius 2 is 2.00 bits per heavy atom. The highest BCUT2D eigenvalue weighted by Gasteiger charge is 2.37. The summed E-state index contributed by atoms with van der Waals surface area (Å²) >= 11 is 0. The topological polar surface area (TPSA) is 56.9 Å². The number of fused-ring (bicyclic) bond motifs is 1. The lowest BCUT2D eigenvalue weighted by Crippen LogP contribution is -2.51. The zero-order valence-electron chi connectivity index (χ0n) is 16.5. The number of carboxylic acids is 1. The van der Waals surface area contributed by atoms with Crippen LogP contribution < -0.4 is 4.90 Å². The molecule has 5 nitrogen and oxygen atoms in total. The molecule has 1 aliphatic carbocycles. The number of rotatable bonds is 5. The third-order valence-corrected chi connectivity index (χ3v) is 6.23. The summed E-state index contributed by atoms with van der Waals surface area (Å²) in [5.74, 6) is -0.895. The molecular formula is C21H30N2O3. The van der Waals surface area contributed by atoms with Gasteiger partial charge >= 0.3 is 5.97 Å². The van der Waals surface area contributed by atoms with E-state index in [1.54, 1.807) is 12.3 Å². The van der Waals surface area contributed by atoms with Crippen LogP contribution in [0.1, 0.15) is 55.5 Å². The van der Waals surface area contributed by atoms with Gasteiger partial charge in [-0.3, -0.25) is 0 Å². The first-order valence-corrected chi connectivity index (χ1v) is 9.46. The first kappa shape index (κ1) is 18.8. The van der Waals surface area contributed by atoms with Gasteiger partial charge in [0.2, 0.25) is 0 Å². The average Bonchev–Trinajstić information content (AvgIpc) is 3.03. The molecule has 1 saturated carbocycles. The molecule has 0 radical (unpaired) electrons. The molecular weight excluding hydrogens is 328 g/mol. The van der Waals surface area contributed by atoms with Gasteiger partial charge in [-0.25, -0.2) is 4.79 Å². The van der Waals surface area contributed by atoms with E-state index in [1.165, 1.54) is 0 Å². The minimum absolute atomic E-state index is 0.0298. The number of anilines is 1. The lowest BCUT2D eigenvalue weighted by atomic mass is 9.78. The molecule has 3 rings (SSSR count). The molecule has 0 saturated heterocycles. The molecule has 1 heterocycles. The lowest BCUT2D eigenvalue weighted by Gasteiger charge is -2.48. The molecule has 1 N–H and O–H groups in total. The fourth-order valence-electron chi connectivity index (χ4n) is 4.61. The quantitative estimate of drug-likeness (QED) is 0.851. The zero-order chi connectivity index (χ0) is 19.1. The van der Waals surface area contributed by atoms with Crippen LogP contribution in [0.3, 0.4) is 0 Å². The van der Waals surface area contributed by atoms with E-state index in [4.69, 9.17) is 4.42 Å². The van der Waals surface area contributed by atoms with E-state index in [0.29, 0.717) is 22.6 Å². The third-order valence-electron chi connectivity index (χ3n) is 6.23. The molecule has 0 bridgehead atoms. The predicted molar refractivity (Wildman–Crippen MR) is 105 cm³/mol. The number of hydrogen-bond donors (Lipinski definition) is 1. The van der Waals surface area contributed by atoms with Crippen molar-refractivity contribution in [3.63, 3.8) is 0 Å². The molecule has 0 aliphatic heterocycles. The highest BCUT2D eigenvalue weighted by Crippen LogP contribution is 2.41. The molecule has 0 unspecified atom stereocenters. The Hall–Kier alpha value is -2.01. The summed E-state index contributed by atoms with van der Waals surface area (Å²) in [7, 11) is 4.30. The summed E-state index contributed by atoms with van der Waals surface area (Å²) < 4.78 is 5.57. The largest absolute Gasteiger partial charge is 0.478 e. The van der Waals surface area contributed by atoms with Crippen LogP contribution in [0.5, 0.6) is 0 Å². The van der Waals surface area contributed by atoms with Crippen molar-refractivity contribution in [1.82, 2.24) is 4.90 Å². The smallest absolute Gasteiger partial charge is 0.336 e. The molecule has 0 spiro atoms. The fourth-order valence-corrected chi connectivity index (χ4v) is 4.61. The Morgan fingerprint density at radius 1 is 1.35 bits per heavy atom. The van der Waals surface area contributed by atoms with Crippen molar-refractivity contribution >= 4 is 22.6 Å². The normalized spacial score (nSPS) is 23.5. The predicted octanol–water partition coefficient (Wildman–Crippen LogP) is 4.53.